The predicted molar refractivity (Wildman–Crippen MR) is 68.4 cm³/mol. The molecular weight excluding hydrogens is 235 g/mol. The molecule has 0 saturated carbocycles. The van der Waals surface area contributed by atoms with Crippen LogP contribution in [0.25, 0.3) is 0 Å². The highest BCUT2D eigenvalue weighted by Crippen LogP contribution is 2.22. The summed E-state index contributed by atoms with van der Waals surface area (Å²) in [5.41, 5.74) is 0.237. The number of nitrogens with one attached hydrogen (secondary N) is 2. The summed E-state index contributed by atoms with van der Waals surface area (Å²) in [5.74, 6) is -0.806. The smallest absolute Gasteiger partial charge is 0.255 e. The number of hydrogen-bond donors (Lipinski definition) is 2. The van der Waals surface area contributed by atoms with Crippen LogP contribution < -0.4 is 15.4 Å². The fourth-order valence-electron chi connectivity index (χ4n) is 1.54. The highest BCUT2D eigenvalue weighted by atomic mass is 19.1. The van der Waals surface area contributed by atoms with Crippen LogP contribution in [0.2, 0.25) is 0 Å². The SMILES string of the molecule is CCOc1c(F)cccc1C(=O)NCCCNC. The van der Waals surface area contributed by atoms with Crippen LogP contribution in [0.5, 0.6) is 5.75 Å². The van der Waals surface area contributed by atoms with Crippen LogP contribution in [0.1, 0.15) is 23.7 Å². The Balaban J connectivity index is 2.69. The first kappa shape index (κ1) is 14.4. The molecule has 18 heavy (non-hydrogen) atoms. The summed E-state index contributed by atoms with van der Waals surface area (Å²) >= 11 is 0. The van der Waals surface area contributed by atoms with E-state index in [4.69, 9.17) is 4.74 Å². The third-order valence-corrected chi connectivity index (χ3v) is 2.39. The number of halogens is 1. The van der Waals surface area contributed by atoms with Crippen LogP contribution in [0.3, 0.4) is 0 Å². The van der Waals surface area contributed by atoms with Gasteiger partial charge >= 0.3 is 0 Å². The van der Waals surface area contributed by atoms with Gasteiger partial charge in [0.1, 0.15) is 0 Å². The van der Waals surface area contributed by atoms with E-state index in [1.54, 1.807) is 13.0 Å². The molecule has 0 aliphatic heterocycles. The van der Waals surface area contributed by atoms with Crippen LogP contribution >= 0.6 is 0 Å². The van der Waals surface area contributed by atoms with Gasteiger partial charge in [0.05, 0.1) is 12.2 Å². The molecule has 5 heteroatoms. The molecule has 0 fully saturated rings. The maximum absolute atomic E-state index is 13.5. The first-order valence-electron chi connectivity index (χ1n) is 6.04. The van der Waals surface area contributed by atoms with E-state index in [9.17, 15) is 9.18 Å². The second-order valence-corrected chi connectivity index (χ2v) is 3.76. The van der Waals surface area contributed by atoms with Crippen molar-refractivity contribution in [3.63, 3.8) is 0 Å². The Labute approximate surface area is 107 Å². The Morgan fingerprint density at radius 2 is 2.17 bits per heavy atom. The molecule has 0 saturated heterocycles. The molecule has 1 rings (SSSR count). The van der Waals surface area contributed by atoms with Crippen molar-refractivity contribution in [2.45, 2.75) is 13.3 Å². The van der Waals surface area contributed by atoms with Crippen molar-refractivity contribution in [3.8, 4) is 5.75 Å². The molecule has 0 aliphatic rings. The molecule has 100 valence electrons. The van der Waals surface area contributed by atoms with Crippen molar-refractivity contribution in [1.29, 1.82) is 0 Å². The molecule has 0 unspecified atom stereocenters. The number of carbonyl (C=O) groups is 1. The summed E-state index contributed by atoms with van der Waals surface area (Å²) in [4.78, 5) is 11.9. The van der Waals surface area contributed by atoms with Crippen LogP contribution in [0, 0.1) is 5.82 Å². The van der Waals surface area contributed by atoms with E-state index < -0.39 is 5.82 Å². The van der Waals surface area contributed by atoms with Gasteiger partial charge in [0, 0.05) is 6.54 Å². The number of rotatable bonds is 7. The van der Waals surface area contributed by atoms with Gasteiger partial charge in [0.25, 0.3) is 5.91 Å². The van der Waals surface area contributed by atoms with E-state index in [1.165, 1.54) is 12.1 Å². The number of para-hydroxylation sites is 1. The zero-order valence-corrected chi connectivity index (χ0v) is 10.8. The van der Waals surface area contributed by atoms with Gasteiger partial charge in [-0.2, -0.15) is 0 Å². The molecule has 4 nitrogen and oxygen atoms in total. The normalized spacial score (nSPS) is 10.2. The number of benzene rings is 1. The van der Waals surface area contributed by atoms with Crippen molar-refractivity contribution in [3.05, 3.63) is 29.6 Å². The Morgan fingerprint density at radius 3 is 2.83 bits per heavy atom. The Kier molecular flexibility index (Phi) is 6.14. The van der Waals surface area contributed by atoms with Crippen molar-refractivity contribution < 1.29 is 13.9 Å². The Hall–Kier alpha value is -1.62. The minimum absolute atomic E-state index is 0.0196. The van der Waals surface area contributed by atoms with E-state index in [0.717, 1.165) is 13.0 Å². The number of ether oxygens (including phenoxy) is 1. The minimum Gasteiger partial charge on any atom is -0.490 e. The summed E-state index contributed by atoms with van der Waals surface area (Å²) in [5, 5.41) is 5.72. The Bertz CT molecular complexity index is 397. The molecule has 1 amide bonds. The average Bonchev–Trinajstić information content (AvgIpc) is 2.37. The van der Waals surface area contributed by atoms with Gasteiger partial charge in [-0.05, 0) is 39.1 Å². The molecule has 2 N–H and O–H groups in total. The molecule has 1 aromatic rings. The number of hydrogen-bond acceptors (Lipinski definition) is 3. The van der Waals surface area contributed by atoms with E-state index in [2.05, 4.69) is 10.6 Å². The molecule has 1 aromatic carbocycles. The van der Waals surface area contributed by atoms with E-state index in [-0.39, 0.29) is 17.2 Å². The Morgan fingerprint density at radius 1 is 1.39 bits per heavy atom. The third kappa shape index (κ3) is 4.00. The number of amides is 1. The average molecular weight is 254 g/mol. The summed E-state index contributed by atoms with van der Waals surface area (Å²) < 4.78 is 18.7. The topological polar surface area (TPSA) is 50.4 Å². The van der Waals surface area contributed by atoms with Crippen LogP contribution in [-0.2, 0) is 0 Å². The first-order chi connectivity index (χ1) is 8.70. The van der Waals surface area contributed by atoms with E-state index >= 15 is 0 Å². The standard InChI is InChI=1S/C13H19FN2O2/c1-3-18-12-10(6-4-7-11(12)14)13(17)16-9-5-8-15-2/h4,6-7,15H,3,5,8-9H2,1-2H3,(H,16,17). The lowest BCUT2D eigenvalue weighted by atomic mass is 10.1. The van der Waals surface area contributed by atoms with Crippen LogP contribution in [-0.4, -0.2) is 32.7 Å². The zero-order chi connectivity index (χ0) is 13.4. The van der Waals surface area contributed by atoms with Crippen LogP contribution in [0.15, 0.2) is 18.2 Å². The fraction of sp³-hybridized carbons (Fsp3) is 0.462. The lowest BCUT2D eigenvalue weighted by molar-refractivity contribution is 0.0948. The van der Waals surface area contributed by atoms with E-state index in [0.29, 0.717) is 13.2 Å². The summed E-state index contributed by atoms with van der Waals surface area (Å²) in [6.45, 7) is 3.44. The largest absolute Gasteiger partial charge is 0.490 e. The van der Waals surface area contributed by atoms with Gasteiger partial charge in [0.2, 0.25) is 0 Å². The summed E-state index contributed by atoms with van der Waals surface area (Å²) in [6, 6.07) is 4.34. The highest BCUT2D eigenvalue weighted by Gasteiger charge is 2.15. The first-order valence-corrected chi connectivity index (χ1v) is 6.04. The third-order valence-electron chi connectivity index (χ3n) is 2.39. The second-order valence-electron chi connectivity index (χ2n) is 3.76. The zero-order valence-electron chi connectivity index (χ0n) is 10.8. The van der Waals surface area contributed by atoms with E-state index in [1.807, 2.05) is 7.05 Å². The number of carbonyl (C=O) groups excluding carboxylic acids is 1. The van der Waals surface area contributed by atoms with Gasteiger partial charge in [-0.1, -0.05) is 6.07 Å². The molecule has 0 radical (unpaired) electrons. The van der Waals surface area contributed by atoms with Crippen molar-refractivity contribution >= 4 is 5.91 Å². The molecule has 0 heterocycles. The van der Waals surface area contributed by atoms with Gasteiger partial charge in [-0.15, -0.1) is 0 Å². The monoisotopic (exact) mass is 254 g/mol. The molecule has 0 spiro atoms. The molecule has 0 aromatic heterocycles. The lowest BCUT2D eigenvalue weighted by Gasteiger charge is -2.11. The summed E-state index contributed by atoms with van der Waals surface area (Å²) in [6.07, 6.45) is 0.821. The van der Waals surface area contributed by atoms with Crippen molar-refractivity contribution in [2.75, 3.05) is 26.7 Å². The maximum atomic E-state index is 13.5. The molecule has 0 bridgehead atoms. The fourth-order valence-corrected chi connectivity index (χ4v) is 1.54. The van der Waals surface area contributed by atoms with Crippen LogP contribution in [0.4, 0.5) is 4.39 Å². The van der Waals surface area contributed by atoms with Crippen molar-refractivity contribution in [2.24, 2.45) is 0 Å². The lowest BCUT2D eigenvalue weighted by Crippen LogP contribution is -2.27. The predicted octanol–water partition coefficient (Wildman–Crippen LogP) is 1.56. The van der Waals surface area contributed by atoms with Gasteiger partial charge in [-0.3, -0.25) is 4.79 Å². The molecular formula is C13H19FN2O2. The highest BCUT2D eigenvalue weighted by molar-refractivity contribution is 5.96. The van der Waals surface area contributed by atoms with Crippen molar-refractivity contribution in [1.82, 2.24) is 10.6 Å². The second kappa shape index (κ2) is 7.66. The van der Waals surface area contributed by atoms with Gasteiger partial charge in [-0.25, -0.2) is 4.39 Å². The summed E-state index contributed by atoms with van der Waals surface area (Å²) in [7, 11) is 1.85. The van der Waals surface area contributed by atoms with Gasteiger partial charge < -0.3 is 15.4 Å². The molecule has 0 atom stereocenters. The quantitative estimate of drug-likeness (QED) is 0.726. The molecule has 0 aliphatic carbocycles. The van der Waals surface area contributed by atoms with Gasteiger partial charge in [0.15, 0.2) is 11.6 Å². The maximum Gasteiger partial charge on any atom is 0.255 e. The minimum atomic E-state index is -0.514.